The second-order valence-electron chi connectivity index (χ2n) is 6.97. The number of H-pyrrole nitrogens is 1. The third kappa shape index (κ3) is 3.63. The standard InChI is InChI=1S/C24H19N5O/c1-16-19(5-4-12-25-16)23-24(27-14-13-26-23)30-18-10-8-17(9-11-18)15-22-28-20-6-2-3-7-21(20)29-22/h2-14H,15H2,1H3,(H,28,29). The number of aromatic amines is 1. The number of nitrogens with one attached hydrogen (secondary N) is 1. The van der Waals surface area contributed by atoms with Gasteiger partial charge >= 0.3 is 0 Å². The first-order valence-corrected chi connectivity index (χ1v) is 9.70. The van der Waals surface area contributed by atoms with Gasteiger partial charge in [-0.3, -0.25) is 4.98 Å². The fraction of sp³-hybridized carbons (Fsp3) is 0.0833. The van der Waals surface area contributed by atoms with Gasteiger partial charge in [-0.1, -0.05) is 24.3 Å². The van der Waals surface area contributed by atoms with Gasteiger partial charge < -0.3 is 9.72 Å². The van der Waals surface area contributed by atoms with E-state index in [1.165, 1.54) is 0 Å². The van der Waals surface area contributed by atoms with Crippen molar-refractivity contribution >= 4 is 11.0 Å². The van der Waals surface area contributed by atoms with E-state index in [0.29, 0.717) is 17.3 Å². The smallest absolute Gasteiger partial charge is 0.246 e. The van der Waals surface area contributed by atoms with Gasteiger partial charge in [0.25, 0.3) is 0 Å². The number of nitrogens with zero attached hydrogens (tertiary/aromatic N) is 4. The van der Waals surface area contributed by atoms with E-state index in [2.05, 4.69) is 24.9 Å². The highest BCUT2D eigenvalue weighted by Gasteiger charge is 2.13. The summed E-state index contributed by atoms with van der Waals surface area (Å²) in [6.45, 7) is 1.95. The first kappa shape index (κ1) is 18.0. The van der Waals surface area contributed by atoms with Crippen molar-refractivity contribution in [2.24, 2.45) is 0 Å². The quantitative estimate of drug-likeness (QED) is 0.449. The maximum Gasteiger partial charge on any atom is 0.246 e. The molecule has 6 nitrogen and oxygen atoms in total. The maximum atomic E-state index is 6.05. The van der Waals surface area contributed by atoms with Crippen molar-refractivity contribution in [2.45, 2.75) is 13.3 Å². The van der Waals surface area contributed by atoms with E-state index in [1.54, 1.807) is 18.6 Å². The first-order valence-electron chi connectivity index (χ1n) is 9.70. The third-order valence-corrected chi connectivity index (χ3v) is 4.87. The van der Waals surface area contributed by atoms with E-state index in [9.17, 15) is 0 Å². The van der Waals surface area contributed by atoms with Crippen LogP contribution in [0.15, 0.2) is 79.3 Å². The molecule has 3 aromatic heterocycles. The molecule has 0 aliphatic carbocycles. The molecule has 0 fully saturated rings. The van der Waals surface area contributed by atoms with Crippen molar-refractivity contribution in [3.05, 3.63) is 96.3 Å². The summed E-state index contributed by atoms with van der Waals surface area (Å²) in [6, 6.07) is 19.8. The largest absolute Gasteiger partial charge is 0.437 e. The fourth-order valence-electron chi connectivity index (χ4n) is 3.39. The van der Waals surface area contributed by atoms with Gasteiger partial charge in [-0.15, -0.1) is 0 Å². The molecule has 0 bridgehead atoms. The highest BCUT2D eigenvalue weighted by atomic mass is 16.5. The predicted molar refractivity (Wildman–Crippen MR) is 115 cm³/mol. The minimum atomic E-state index is 0.457. The number of hydrogen-bond acceptors (Lipinski definition) is 5. The van der Waals surface area contributed by atoms with Gasteiger partial charge in [0.05, 0.1) is 11.0 Å². The van der Waals surface area contributed by atoms with Gasteiger partial charge in [-0.05, 0) is 48.9 Å². The van der Waals surface area contributed by atoms with Crippen LogP contribution >= 0.6 is 0 Å². The molecule has 0 atom stereocenters. The van der Waals surface area contributed by atoms with Crippen LogP contribution in [0.2, 0.25) is 0 Å². The van der Waals surface area contributed by atoms with Gasteiger partial charge in [0.1, 0.15) is 17.3 Å². The second kappa shape index (κ2) is 7.75. The van der Waals surface area contributed by atoms with Crippen molar-refractivity contribution in [1.82, 2.24) is 24.9 Å². The van der Waals surface area contributed by atoms with Gasteiger partial charge in [-0.2, -0.15) is 0 Å². The predicted octanol–water partition coefficient (Wildman–Crippen LogP) is 5.11. The number of para-hydroxylation sites is 2. The molecule has 0 saturated heterocycles. The lowest BCUT2D eigenvalue weighted by molar-refractivity contribution is 0.462. The van der Waals surface area contributed by atoms with Crippen molar-refractivity contribution in [3.63, 3.8) is 0 Å². The van der Waals surface area contributed by atoms with Gasteiger partial charge in [0, 0.05) is 36.3 Å². The summed E-state index contributed by atoms with van der Waals surface area (Å²) in [5, 5.41) is 0. The van der Waals surface area contributed by atoms with Crippen LogP contribution in [0.5, 0.6) is 11.6 Å². The van der Waals surface area contributed by atoms with Crippen LogP contribution in [0.3, 0.4) is 0 Å². The number of hydrogen-bond donors (Lipinski definition) is 1. The molecule has 0 aliphatic rings. The monoisotopic (exact) mass is 393 g/mol. The molecule has 146 valence electrons. The Kier molecular flexibility index (Phi) is 4.65. The zero-order valence-electron chi connectivity index (χ0n) is 16.4. The van der Waals surface area contributed by atoms with Crippen LogP contribution in [-0.2, 0) is 6.42 Å². The SMILES string of the molecule is Cc1ncccc1-c1nccnc1Oc1ccc(Cc2nc3ccccc3[nH]2)cc1. The Balaban J connectivity index is 1.36. The topological polar surface area (TPSA) is 76.6 Å². The zero-order chi connectivity index (χ0) is 20.3. The number of aryl methyl sites for hydroxylation is 1. The van der Waals surface area contributed by atoms with Crippen molar-refractivity contribution < 1.29 is 4.74 Å². The number of pyridine rings is 1. The Morgan fingerprint density at radius 1 is 0.833 bits per heavy atom. The second-order valence-corrected chi connectivity index (χ2v) is 6.97. The average molecular weight is 393 g/mol. The Morgan fingerprint density at radius 3 is 2.50 bits per heavy atom. The van der Waals surface area contributed by atoms with E-state index in [0.717, 1.165) is 40.1 Å². The molecule has 0 spiro atoms. The van der Waals surface area contributed by atoms with Crippen LogP contribution < -0.4 is 4.74 Å². The summed E-state index contributed by atoms with van der Waals surface area (Å²) in [7, 11) is 0. The lowest BCUT2D eigenvalue weighted by atomic mass is 10.1. The molecule has 6 heteroatoms. The van der Waals surface area contributed by atoms with Gasteiger partial charge in [-0.25, -0.2) is 15.0 Å². The number of benzene rings is 2. The number of imidazole rings is 1. The normalized spacial score (nSPS) is 11.0. The summed E-state index contributed by atoms with van der Waals surface area (Å²) in [5.74, 6) is 2.10. The van der Waals surface area contributed by atoms with E-state index in [1.807, 2.05) is 67.6 Å². The fourth-order valence-corrected chi connectivity index (χ4v) is 3.39. The van der Waals surface area contributed by atoms with E-state index < -0.39 is 0 Å². The van der Waals surface area contributed by atoms with Crippen LogP contribution in [0, 0.1) is 6.92 Å². The molecule has 0 saturated carbocycles. The van der Waals surface area contributed by atoms with E-state index in [-0.39, 0.29) is 0 Å². The minimum absolute atomic E-state index is 0.457. The number of rotatable bonds is 5. The lowest BCUT2D eigenvalue weighted by Gasteiger charge is -2.10. The molecule has 5 aromatic rings. The molecule has 0 aliphatic heterocycles. The summed E-state index contributed by atoms with van der Waals surface area (Å²) >= 11 is 0. The Bertz CT molecular complexity index is 1280. The van der Waals surface area contributed by atoms with Gasteiger partial charge in [0.15, 0.2) is 0 Å². The van der Waals surface area contributed by atoms with Crippen LogP contribution in [0.4, 0.5) is 0 Å². The van der Waals surface area contributed by atoms with Crippen LogP contribution in [-0.4, -0.2) is 24.9 Å². The Hall–Kier alpha value is -4.06. The molecule has 30 heavy (non-hydrogen) atoms. The molecule has 1 N–H and O–H groups in total. The molecular formula is C24H19N5O. The number of fused-ring (bicyclic) bond motifs is 1. The Labute approximate surface area is 173 Å². The summed E-state index contributed by atoms with van der Waals surface area (Å²) < 4.78 is 6.05. The van der Waals surface area contributed by atoms with Crippen molar-refractivity contribution in [1.29, 1.82) is 0 Å². The molecule has 5 rings (SSSR count). The van der Waals surface area contributed by atoms with E-state index in [4.69, 9.17) is 4.74 Å². The molecule has 3 heterocycles. The summed E-state index contributed by atoms with van der Waals surface area (Å²) in [6.07, 6.45) is 5.77. The average Bonchev–Trinajstić information content (AvgIpc) is 3.18. The lowest BCUT2D eigenvalue weighted by Crippen LogP contribution is -1.97. The summed E-state index contributed by atoms with van der Waals surface area (Å²) in [4.78, 5) is 21.2. The highest BCUT2D eigenvalue weighted by molar-refractivity contribution is 5.74. The summed E-state index contributed by atoms with van der Waals surface area (Å²) in [5.41, 5.74) is 5.63. The van der Waals surface area contributed by atoms with E-state index >= 15 is 0 Å². The maximum absolute atomic E-state index is 6.05. The van der Waals surface area contributed by atoms with Crippen LogP contribution in [0.25, 0.3) is 22.3 Å². The molecule has 0 amide bonds. The minimum Gasteiger partial charge on any atom is -0.437 e. The molecular weight excluding hydrogens is 374 g/mol. The number of ether oxygens (including phenoxy) is 1. The Morgan fingerprint density at radius 2 is 1.67 bits per heavy atom. The highest BCUT2D eigenvalue weighted by Crippen LogP contribution is 2.30. The van der Waals surface area contributed by atoms with Crippen molar-refractivity contribution in [2.75, 3.05) is 0 Å². The molecule has 0 radical (unpaired) electrons. The third-order valence-electron chi connectivity index (χ3n) is 4.87. The number of aromatic nitrogens is 5. The molecule has 0 unspecified atom stereocenters. The zero-order valence-corrected chi connectivity index (χ0v) is 16.4. The van der Waals surface area contributed by atoms with Crippen molar-refractivity contribution in [3.8, 4) is 22.9 Å². The first-order chi connectivity index (χ1) is 14.8. The van der Waals surface area contributed by atoms with Crippen LogP contribution in [0.1, 0.15) is 17.1 Å². The van der Waals surface area contributed by atoms with Gasteiger partial charge in [0.2, 0.25) is 5.88 Å². The molecule has 2 aromatic carbocycles.